The Labute approximate surface area is 152 Å². The molecule has 0 N–H and O–H groups in total. The van der Waals surface area contributed by atoms with Gasteiger partial charge in [-0.1, -0.05) is 18.2 Å². The molecule has 0 bridgehead atoms. The second kappa shape index (κ2) is 7.68. The molecule has 134 valence electrons. The molecule has 2 heterocycles. The van der Waals surface area contributed by atoms with E-state index in [2.05, 4.69) is 4.90 Å². The van der Waals surface area contributed by atoms with E-state index in [0.717, 1.165) is 9.75 Å². The van der Waals surface area contributed by atoms with Gasteiger partial charge in [0.1, 0.15) is 0 Å². The molecular formula is C18H22N2O3S2. The summed E-state index contributed by atoms with van der Waals surface area (Å²) in [7, 11) is -3.25. The summed E-state index contributed by atoms with van der Waals surface area (Å²) in [6.07, 6.45) is 0. The Hall–Kier alpha value is -1.70. The summed E-state index contributed by atoms with van der Waals surface area (Å²) in [5.74, 6) is 0.185. The van der Waals surface area contributed by atoms with Crippen molar-refractivity contribution in [2.45, 2.75) is 11.8 Å². The SMILES string of the molecule is Cc1ccc(C(=O)N2CCN(CCS(=O)(=O)c3ccccc3)CC2)s1. The summed E-state index contributed by atoms with van der Waals surface area (Å²) < 4.78 is 24.7. The van der Waals surface area contributed by atoms with E-state index in [4.69, 9.17) is 0 Å². The molecule has 0 atom stereocenters. The molecule has 0 spiro atoms. The van der Waals surface area contributed by atoms with Crippen molar-refractivity contribution in [3.63, 3.8) is 0 Å². The summed E-state index contributed by atoms with van der Waals surface area (Å²) in [6.45, 7) is 5.19. The van der Waals surface area contributed by atoms with Crippen LogP contribution in [0.5, 0.6) is 0 Å². The Kier molecular flexibility index (Phi) is 5.56. The third kappa shape index (κ3) is 4.48. The monoisotopic (exact) mass is 378 g/mol. The molecule has 1 aromatic carbocycles. The molecule has 3 rings (SSSR count). The maximum absolute atomic E-state index is 12.4. The number of aryl methyl sites for hydroxylation is 1. The van der Waals surface area contributed by atoms with Crippen molar-refractivity contribution in [3.05, 3.63) is 52.2 Å². The van der Waals surface area contributed by atoms with Crippen molar-refractivity contribution in [1.29, 1.82) is 0 Å². The number of benzene rings is 1. The van der Waals surface area contributed by atoms with E-state index < -0.39 is 9.84 Å². The molecule has 25 heavy (non-hydrogen) atoms. The Balaban J connectivity index is 1.50. The van der Waals surface area contributed by atoms with Gasteiger partial charge >= 0.3 is 0 Å². The normalized spacial score (nSPS) is 16.1. The largest absolute Gasteiger partial charge is 0.335 e. The zero-order valence-corrected chi connectivity index (χ0v) is 15.9. The number of rotatable bonds is 5. The standard InChI is InChI=1S/C18H22N2O3S2/c1-15-7-8-17(24-15)18(21)20-11-9-19(10-12-20)13-14-25(22,23)16-5-3-2-4-6-16/h2-8H,9-14H2,1H3. The summed E-state index contributed by atoms with van der Waals surface area (Å²) in [5, 5.41) is 0. The topological polar surface area (TPSA) is 57.7 Å². The molecule has 1 fully saturated rings. The minimum absolute atomic E-state index is 0.0784. The average Bonchev–Trinajstić information content (AvgIpc) is 3.07. The van der Waals surface area contributed by atoms with Gasteiger partial charge in [0.05, 0.1) is 15.5 Å². The lowest BCUT2D eigenvalue weighted by Gasteiger charge is -2.34. The Morgan fingerprint density at radius 3 is 2.32 bits per heavy atom. The summed E-state index contributed by atoms with van der Waals surface area (Å²) >= 11 is 1.52. The fraction of sp³-hybridized carbons (Fsp3) is 0.389. The van der Waals surface area contributed by atoms with Crippen LogP contribution in [-0.4, -0.2) is 62.6 Å². The van der Waals surface area contributed by atoms with Gasteiger partial charge in [-0.15, -0.1) is 11.3 Å². The molecule has 0 saturated carbocycles. The molecule has 1 aliphatic rings. The van der Waals surface area contributed by atoms with Crippen molar-refractivity contribution >= 4 is 27.1 Å². The number of piperazine rings is 1. The smallest absolute Gasteiger partial charge is 0.264 e. The summed E-state index contributed by atoms with van der Waals surface area (Å²) in [6, 6.07) is 12.4. The summed E-state index contributed by atoms with van der Waals surface area (Å²) in [5.41, 5.74) is 0. The quantitative estimate of drug-likeness (QED) is 0.801. The van der Waals surface area contributed by atoms with Crippen LogP contribution in [0.25, 0.3) is 0 Å². The van der Waals surface area contributed by atoms with Crippen LogP contribution >= 0.6 is 11.3 Å². The first-order valence-electron chi connectivity index (χ1n) is 8.31. The Bertz CT molecular complexity index is 823. The van der Waals surface area contributed by atoms with Crippen molar-refractivity contribution in [3.8, 4) is 0 Å². The van der Waals surface area contributed by atoms with Gasteiger partial charge in [0.15, 0.2) is 9.84 Å². The predicted molar refractivity (Wildman–Crippen MR) is 99.9 cm³/mol. The van der Waals surface area contributed by atoms with Gasteiger partial charge in [-0.2, -0.15) is 0 Å². The fourth-order valence-corrected chi connectivity index (χ4v) is 5.02. The van der Waals surface area contributed by atoms with Gasteiger partial charge < -0.3 is 4.90 Å². The summed E-state index contributed by atoms with van der Waals surface area (Å²) in [4.78, 5) is 18.7. The number of amides is 1. The van der Waals surface area contributed by atoms with E-state index in [1.54, 1.807) is 24.3 Å². The van der Waals surface area contributed by atoms with Crippen molar-refractivity contribution in [1.82, 2.24) is 9.80 Å². The first-order chi connectivity index (χ1) is 12.0. The zero-order chi connectivity index (χ0) is 17.9. The minimum Gasteiger partial charge on any atom is -0.335 e. The number of nitrogens with zero attached hydrogens (tertiary/aromatic N) is 2. The number of hydrogen-bond acceptors (Lipinski definition) is 5. The van der Waals surface area contributed by atoms with Crippen molar-refractivity contribution in [2.24, 2.45) is 0 Å². The lowest BCUT2D eigenvalue weighted by Crippen LogP contribution is -2.49. The number of sulfone groups is 1. The van der Waals surface area contributed by atoms with Crippen LogP contribution in [0.1, 0.15) is 14.5 Å². The average molecular weight is 379 g/mol. The first kappa shape index (κ1) is 18.1. The maximum Gasteiger partial charge on any atom is 0.264 e. The molecule has 0 unspecified atom stereocenters. The highest BCUT2D eigenvalue weighted by Gasteiger charge is 2.24. The van der Waals surface area contributed by atoms with Gasteiger partial charge in [0, 0.05) is 37.6 Å². The molecule has 5 nitrogen and oxygen atoms in total. The van der Waals surface area contributed by atoms with E-state index in [0.29, 0.717) is 37.6 Å². The fourth-order valence-electron chi connectivity index (χ4n) is 2.87. The zero-order valence-electron chi connectivity index (χ0n) is 14.2. The molecule has 1 saturated heterocycles. The van der Waals surface area contributed by atoms with Gasteiger partial charge in [0.25, 0.3) is 5.91 Å². The van der Waals surface area contributed by atoms with Crippen molar-refractivity contribution in [2.75, 3.05) is 38.5 Å². The van der Waals surface area contributed by atoms with Crippen molar-refractivity contribution < 1.29 is 13.2 Å². The lowest BCUT2D eigenvalue weighted by atomic mass is 10.3. The van der Waals surface area contributed by atoms with E-state index in [-0.39, 0.29) is 11.7 Å². The number of carbonyl (C=O) groups excluding carboxylic acids is 1. The predicted octanol–water partition coefficient (Wildman–Crippen LogP) is 2.29. The third-order valence-corrected chi connectivity index (χ3v) is 7.09. The maximum atomic E-state index is 12.4. The molecular weight excluding hydrogens is 356 g/mol. The molecule has 1 aromatic heterocycles. The number of thiophene rings is 1. The molecule has 7 heteroatoms. The minimum atomic E-state index is -3.25. The van der Waals surface area contributed by atoms with Gasteiger partial charge in [-0.25, -0.2) is 8.42 Å². The van der Waals surface area contributed by atoms with Gasteiger partial charge in [-0.05, 0) is 31.2 Å². The highest BCUT2D eigenvalue weighted by atomic mass is 32.2. The van der Waals surface area contributed by atoms with Crippen LogP contribution in [0.4, 0.5) is 0 Å². The van der Waals surface area contributed by atoms with Crippen LogP contribution in [0.15, 0.2) is 47.4 Å². The van der Waals surface area contributed by atoms with Crippen LogP contribution < -0.4 is 0 Å². The molecule has 0 radical (unpaired) electrons. The Morgan fingerprint density at radius 2 is 1.72 bits per heavy atom. The van der Waals surface area contributed by atoms with E-state index in [1.807, 2.05) is 30.0 Å². The number of carbonyl (C=O) groups is 1. The van der Waals surface area contributed by atoms with E-state index in [9.17, 15) is 13.2 Å². The van der Waals surface area contributed by atoms with E-state index >= 15 is 0 Å². The third-order valence-electron chi connectivity index (χ3n) is 4.39. The molecule has 2 aromatic rings. The van der Waals surface area contributed by atoms with E-state index in [1.165, 1.54) is 11.3 Å². The second-order valence-electron chi connectivity index (χ2n) is 6.18. The van der Waals surface area contributed by atoms with Crippen LogP contribution in [0.3, 0.4) is 0 Å². The highest BCUT2D eigenvalue weighted by Crippen LogP contribution is 2.18. The number of hydrogen-bond donors (Lipinski definition) is 0. The lowest BCUT2D eigenvalue weighted by molar-refractivity contribution is 0.0649. The second-order valence-corrected chi connectivity index (χ2v) is 9.57. The van der Waals surface area contributed by atoms with Crippen LogP contribution in [0, 0.1) is 6.92 Å². The molecule has 1 amide bonds. The Morgan fingerprint density at radius 1 is 1.04 bits per heavy atom. The van der Waals surface area contributed by atoms with Crippen LogP contribution in [-0.2, 0) is 9.84 Å². The van der Waals surface area contributed by atoms with Gasteiger partial charge in [-0.3, -0.25) is 9.69 Å². The molecule has 1 aliphatic heterocycles. The van der Waals surface area contributed by atoms with Gasteiger partial charge in [0.2, 0.25) is 0 Å². The van der Waals surface area contributed by atoms with Crippen LogP contribution in [0.2, 0.25) is 0 Å². The highest BCUT2D eigenvalue weighted by molar-refractivity contribution is 7.91. The molecule has 0 aliphatic carbocycles. The first-order valence-corrected chi connectivity index (χ1v) is 10.8.